The van der Waals surface area contributed by atoms with E-state index in [-0.39, 0.29) is 0 Å². The van der Waals surface area contributed by atoms with Gasteiger partial charge >= 0.3 is 0 Å². The number of aliphatic hydroxyl groups is 1. The molecule has 2 heteroatoms. The molecule has 2 aromatic rings. The van der Waals surface area contributed by atoms with E-state index in [1.165, 1.54) is 0 Å². The zero-order valence-corrected chi connectivity index (χ0v) is 12.2. The summed E-state index contributed by atoms with van der Waals surface area (Å²) in [6.45, 7) is 7.82. The first kappa shape index (κ1) is 14.4. The van der Waals surface area contributed by atoms with Gasteiger partial charge in [0.25, 0.3) is 0 Å². The molecule has 0 bridgehead atoms. The van der Waals surface area contributed by atoms with Crippen molar-refractivity contribution in [2.24, 2.45) is 0 Å². The largest absolute Gasteiger partial charge is 0.496 e. The van der Waals surface area contributed by atoms with Gasteiger partial charge in [-0.25, -0.2) is 0 Å². The maximum Gasteiger partial charge on any atom is 0.139 e. The molecule has 2 nitrogen and oxygen atoms in total. The maximum absolute atomic E-state index is 11.3. The monoisotopic (exact) mass is 268 g/mol. The lowest BCUT2D eigenvalue weighted by molar-refractivity contribution is 0.118. The summed E-state index contributed by atoms with van der Waals surface area (Å²) >= 11 is 0. The van der Waals surface area contributed by atoms with Crippen LogP contribution in [0, 0.1) is 6.92 Å². The third-order valence-corrected chi connectivity index (χ3v) is 3.58. The second kappa shape index (κ2) is 5.51. The van der Waals surface area contributed by atoms with Crippen LogP contribution in [0.4, 0.5) is 0 Å². The Hall–Kier alpha value is -2.06. The summed E-state index contributed by atoms with van der Waals surface area (Å²) in [5, 5.41) is 11.3. The lowest BCUT2D eigenvalue weighted by Crippen LogP contribution is -2.29. The summed E-state index contributed by atoms with van der Waals surface area (Å²) in [6.07, 6.45) is 0. The van der Waals surface area contributed by atoms with Crippen LogP contribution in [0.15, 0.2) is 60.7 Å². The van der Waals surface area contributed by atoms with Crippen molar-refractivity contribution in [3.8, 4) is 5.75 Å². The summed E-state index contributed by atoms with van der Waals surface area (Å²) in [4.78, 5) is 0. The van der Waals surface area contributed by atoms with Gasteiger partial charge in [0.1, 0.15) is 11.4 Å². The fourth-order valence-electron chi connectivity index (χ4n) is 2.37. The van der Waals surface area contributed by atoms with Crippen LogP contribution < -0.4 is 4.74 Å². The molecule has 0 saturated heterocycles. The van der Waals surface area contributed by atoms with Crippen molar-refractivity contribution >= 4 is 0 Å². The first-order valence-electron chi connectivity index (χ1n) is 6.59. The molecule has 0 radical (unpaired) electrons. The molecule has 0 spiro atoms. The van der Waals surface area contributed by atoms with Crippen LogP contribution in [0.2, 0.25) is 0 Å². The van der Waals surface area contributed by atoms with Crippen molar-refractivity contribution in [1.82, 2.24) is 0 Å². The summed E-state index contributed by atoms with van der Waals surface area (Å²) < 4.78 is 5.39. The van der Waals surface area contributed by atoms with Gasteiger partial charge in [-0.15, -0.1) is 0 Å². The Bertz CT molecular complexity index is 614. The fraction of sp³-hybridized carbons (Fsp3) is 0.222. The molecule has 2 rings (SSSR count). The SMILES string of the molecule is C=C(C)C(O)(c1ccc(C)cc1)c1ccccc1OC. The number of hydrogen-bond acceptors (Lipinski definition) is 2. The van der Waals surface area contributed by atoms with Crippen LogP contribution in [0.1, 0.15) is 23.6 Å². The van der Waals surface area contributed by atoms with Crippen molar-refractivity contribution in [3.63, 3.8) is 0 Å². The van der Waals surface area contributed by atoms with Crippen LogP contribution >= 0.6 is 0 Å². The van der Waals surface area contributed by atoms with Crippen molar-refractivity contribution in [3.05, 3.63) is 77.4 Å². The molecule has 0 amide bonds. The zero-order valence-electron chi connectivity index (χ0n) is 12.2. The summed E-state index contributed by atoms with van der Waals surface area (Å²) in [5.74, 6) is 0.651. The average molecular weight is 268 g/mol. The maximum atomic E-state index is 11.3. The van der Waals surface area contributed by atoms with Crippen LogP contribution in [-0.2, 0) is 5.60 Å². The minimum atomic E-state index is -1.25. The van der Waals surface area contributed by atoms with Crippen LogP contribution in [0.25, 0.3) is 0 Å². The Balaban J connectivity index is 2.66. The van der Waals surface area contributed by atoms with Crippen LogP contribution in [0.5, 0.6) is 5.75 Å². The van der Waals surface area contributed by atoms with Crippen molar-refractivity contribution in [2.75, 3.05) is 7.11 Å². The fourth-order valence-corrected chi connectivity index (χ4v) is 2.37. The minimum Gasteiger partial charge on any atom is -0.496 e. The van der Waals surface area contributed by atoms with Gasteiger partial charge in [0.2, 0.25) is 0 Å². The van der Waals surface area contributed by atoms with Gasteiger partial charge in [0.05, 0.1) is 7.11 Å². The molecule has 0 aliphatic heterocycles. The summed E-state index contributed by atoms with van der Waals surface area (Å²) in [5.41, 5.74) is 2.06. The number of para-hydroxylation sites is 1. The van der Waals surface area contributed by atoms with E-state index in [2.05, 4.69) is 6.58 Å². The average Bonchev–Trinajstić information content (AvgIpc) is 2.47. The number of methoxy groups -OCH3 is 1. The third-order valence-electron chi connectivity index (χ3n) is 3.58. The van der Waals surface area contributed by atoms with E-state index in [4.69, 9.17) is 4.74 Å². The van der Waals surface area contributed by atoms with E-state index in [1.54, 1.807) is 7.11 Å². The van der Waals surface area contributed by atoms with E-state index in [9.17, 15) is 5.11 Å². The third kappa shape index (κ3) is 2.35. The standard InChI is InChI=1S/C18H20O2/c1-13(2)18(19,15-11-9-14(3)10-12-15)16-7-5-6-8-17(16)20-4/h5-12,19H,1H2,2-4H3. The molecule has 0 saturated carbocycles. The second-order valence-corrected chi connectivity index (χ2v) is 5.06. The van der Waals surface area contributed by atoms with Crippen LogP contribution in [0.3, 0.4) is 0 Å². The Morgan fingerprint density at radius 1 is 1.10 bits per heavy atom. The highest BCUT2D eigenvalue weighted by Crippen LogP contribution is 2.40. The van der Waals surface area contributed by atoms with Gasteiger partial charge in [-0.2, -0.15) is 0 Å². The van der Waals surface area contributed by atoms with Crippen molar-refractivity contribution in [2.45, 2.75) is 19.4 Å². The van der Waals surface area contributed by atoms with E-state index in [0.717, 1.165) is 11.1 Å². The van der Waals surface area contributed by atoms with E-state index in [0.29, 0.717) is 16.9 Å². The number of benzene rings is 2. The topological polar surface area (TPSA) is 29.5 Å². The highest BCUT2D eigenvalue weighted by atomic mass is 16.5. The molecule has 0 aliphatic carbocycles. The molecular formula is C18H20O2. The molecule has 0 heterocycles. The number of aryl methyl sites for hydroxylation is 1. The van der Waals surface area contributed by atoms with Gasteiger partial charge in [0, 0.05) is 5.56 Å². The molecule has 20 heavy (non-hydrogen) atoms. The Kier molecular flexibility index (Phi) is 3.96. The summed E-state index contributed by atoms with van der Waals surface area (Å²) in [6, 6.07) is 15.3. The van der Waals surface area contributed by atoms with E-state index >= 15 is 0 Å². The van der Waals surface area contributed by atoms with Crippen molar-refractivity contribution in [1.29, 1.82) is 0 Å². The predicted octanol–water partition coefficient (Wildman–Crippen LogP) is 3.82. The molecule has 104 valence electrons. The first-order valence-corrected chi connectivity index (χ1v) is 6.59. The minimum absolute atomic E-state index is 0.651. The molecule has 2 aromatic carbocycles. The normalized spacial score (nSPS) is 13.6. The molecule has 0 fully saturated rings. The molecule has 0 aliphatic rings. The van der Waals surface area contributed by atoms with Crippen molar-refractivity contribution < 1.29 is 9.84 Å². The first-order chi connectivity index (χ1) is 9.50. The van der Waals surface area contributed by atoms with Gasteiger partial charge < -0.3 is 9.84 Å². The Labute approximate surface area is 120 Å². The van der Waals surface area contributed by atoms with Gasteiger partial charge in [-0.05, 0) is 31.1 Å². The number of ether oxygens (including phenoxy) is 1. The van der Waals surface area contributed by atoms with E-state index < -0.39 is 5.60 Å². The lowest BCUT2D eigenvalue weighted by atomic mass is 9.80. The highest BCUT2D eigenvalue weighted by Gasteiger charge is 2.35. The molecular weight excluding hydrogens is 248 g/mol. The summed E-state index contributed by atoms with van der Waals surface area (Å²) in [7, 11) is 1.60. The highest BCUT2D eigenvalue weighted by molar-refractivity contribution is 5.50. The lowest BCUT2D eigenvalue weighted by Gasteiger charge is -2.31. The second-order valence-electron chi connectivity index (χ2n) is 5.06. The van der Waals surface area contributed by atoms with E-state index in [1.807, 2.05) is 62.4 Å². The van der Waals surface area contributed by atoms with Gasteiger partial charge in [-0.1, -0.05) is 54.6 Å². The zero-order chi connectivity index (χ0) is 14.8. The Morgan fingerprint density at radius 2 is 1.70 bits per heavy atom. The molecule has 1 unspecified atom stereocenters. The quantitative estimate of drug-likeness (QED) is 0.854. The van der Waals surface area contributed by atoms with Gasteiger partial charge in [-0.3, -0.25) is 0 Å². The predicted molar refractivity (Wildman–Crippen MR) is 82.0 cm³/mol. The smallest absolute Gasteiger partial charge is 0.139 e. The van der Waals surface area contributed by atoms with Gasteiger partial charge in [0.15, 0.2) is 0 Å². The Morgan fingerprint density at radius 3 is 2.25 bits per heavy atom. The molecule has 0 aromatic heterocycles. The number of rotatable bonds is 4. The number of hydrogen-bond donors (Lipinski definition) is 1. The molecule has 1 atom stereocenters. The van der Waals surface area contributed by atoms with Crippen LogP contribution in [-0.4, -0.2) is 12.2 Å². The molecule has 1 N–H and O–H groups in total.